The summed E-state index contributed by atoms with van der Waals surface area (Å²) in [5.74, 6) is -1.89. The Labute approximate surface area is 219 Å². The number of aliphatic imine (C=N–C) groups is 1. The lowest BCUT2D eigenvalue weighted by Crippen LogP contribution is -2.54. The van der Waals surface area contributed by atoms with Gasteiger partial charge in [-0.2, -0.15) is 5.26 Å². The molecule has 4 N–H and O–H groups in total. The number of nitrogens with two attached hydrogens (primary N) is 1. The molecule has 2 amide bonds. The number of pyridine rings is 1. The number of aromatic nitrogens is 1. The Bertz CT molecular complexity index is 1160. The van der Waals surface area contributed by atoms with Crippen LogP contribution in [0.4, 0.5) is 20.2 Å². The number of amides is 2. The van der Waals surface area contributed by atoms with E-state index in [1.807, 2.05) is 7.05 Å². The maximum absolute atomic E-state index is 15.1. The van der Waals surface area contributed by atoms with Crippen molar-refractivity contribution in [1.82, 2.24) is 25.2 Å². The van der Waals surface area contributed by atoms with Gasteiger partial charge >= 0.3 is 0 Å². The number of likely N-dealkylation sites (N-methyl/N-ethyl adjacent to an activating group) is 1. The summed E-state index contributed by atoms with van der Waals surface area (Å²) in [5.41, 5.74) is 8.08. The predicted molar refractivity (Wildman–Crippen MR) is 135 cm³/mol. The van der Waals surface area contributed by atoms with Gasteiger partial charge in [-0.3, -0.25) is 24.6 Å². The van der Waals surface area contributed by atoms with Crippen molar-refractivity contribution in [3.63, 3.8) is 0 Å². The third-order valence-corrected chi connectivity index (χ3v) is 7.81. The molecule has 0 radical (unpaired) electrons. The number of nitrogens with zero attached hydrogens (tertiary/aromatic N) is 7. The van der Waals surface area contributed by atoms with E-state index in [9.17, 15) is 19.2 Å². The van der Waals surface area contributed by atoms with Gasteiger partial charge in [0, 0.05) is 39.3 Å². The lowest BCUT2D eigenvalue weighted by Gasteiger charge is -2.42. The average molecular weight is 531 g/mol. The first-order chi connectivity index (χ1) is 18.2. The number of piperazine rings is 1. The molecule has 3 saturated heterocycles. The Morgan fingerprint density at radius 1 is 1.21 bits per heavy atom. The van der Waals surface area contributed by atoms with Gasteiger partial charge in [0.25, 0.3) is 0 Å². The molecule has 204 valence electrons. The highest BCUT2D eigenvalue weighted by molar-refractivity contribution is 6.11. The van der Waals surface area contributed by atoms with Crippen LogP contribution < -0.4 is 21.4 Å². The second-order valence-electron chi connectivity index (χ2n) is 10.3. The molecule has 0 aliphatic carbocycles. The summed E-state index contributed by atoms with van der Waals surface area (Å²) in [4.78, 5) is 40.3. The van der Waals surface area contributed by atoms with Crippen molar-refractivity contribution < 1.29 is 18.4 Å². The highest BCUT2D eigenvalue weighted by atomic mass is 19.1. The van der Waals surface area contributed by atoms with Gasteiger partial charge < -0.3 is 25.8 Å². The number of fused-ring (bicyclic) bond motifs is 1. The fourth-order valence-electron chi connectivity index (χ4n) is 5.56. The monoisotopic (exact) mass is 530 g/mol. The Balaban J connectivity index is 1.31. The Morgan fingerprint density at radius 2 is 1.92 bits per heavy atom. The molecule has 0 spiro atoms. The summed E-state index contributed by atoms with van der Waals surface area (Å²) in [6, 6.07) is 2.26. The first-order valence-corrected chi connectivity index (χ1v) is 12.8. The van der Waals surface area contributed by atoms with Crippen molar-refractivity contribution in [3.05, 3.63) is 18.2 Å². The lowest BCUT2D eigenvalue weighted by atomic mass is 9.78. The first-order valence-electron chi connectivity index (χ1n) is 12.8. The summed E-state index contributed by atoms with van der Waals surface area (Å²) in [6.45, 7) is 3.13. The quantitative estimate of drug-likeness (QED) is 0.470. The smallest absolute Gasteiger partial charge is 0.243 e. The molecule has 12 nitrogen and oxygen atoms in total. The number of alkyl halides is 1. The average Bonchev–Trinajstić information content (AvgIpc) is 3.24. The molecular formula is C24H32F2N10O2. The number of hydrogen-bond donors (Lipinski definition) is 3. The molecule has 1 aromatic heterocycles. The van der Waals surface area contributed by atoms with E-state index in [1.54, 1.807) is 9.80 Å². The normalized spacial score (nSPS) is 27.4. The SMILES string of the molecule is CN1CCN(C(=O)C2(C#N)CCN(c3c(F)cncc3NC(=O)C3C4=NCC(F)CN4NC3N)CC2)CC1. The summed E-state index contributed by atoms with van der Waals surface area (Å²) in [6.07, 6.45) is 0.889. The minimum Gasteiger partial charge on any atom is -0.367 e. The molecule has 38 heavy (non-hydrogen) atoms. The standard InChI is InChI=1S/C24H32F2N10O2/c1-33-6-8-35(9-7-33)23(38)24(14-27)2-4-34(5-3-24)19-16(26)11-29-12-17(19)31-22(37)18-20(28)32-36-13-15(25)10-30-21(18)36/h11-12,15,18,20,32H,2-10,13,28H2,1H3,(H,31,37). The molecule has 5 heterocycles. The van der Waals surface area contributed by atoms with Gasteiger partial charge in [0.15, 0.2) is 5.82 Å². The van der Waals surface area contributed by atoms with Gasteiger partial charge in [0.1, 0.15) is 29.0 Å². The van der Waals surface area contributed by atoms with Crippen molar-refractivity contribution in [2.45, 2.75) is 25.2 Å². The highest BCUT2D eigenvalue weighted by Crippen LogP contribution is 2.38. The zero-order valence-electron chi connectivity index (χ0n) is 21.2. The second kappa shape index (κ2) is 10.4. The number of amidine groups is 1. The van der Waals surface area contributed by atoms with Crippen LogP contribution in [0.25, 0.3) is 0 Å². The lowest BCUT2D eigenvalue weighted by molar-refractivity contribution is -0.141. The van der Waals surface area contributed by atoms with Crippen molar-refractivity contribution >= 4 is 29.0 Å². The van der Waals surface area contributed by atoms with E-state index >= 15 is 4.39 Å². The third-order valence-electron chi connectivity index (χ3n) is 7.81. The van der Waals surface area contributed by atoms with Crippen LogP contribution in [-0.2, 0) is 9.59 Å². The van der Waals surface area contributed by atoms with E-state index in [0.29, 0.717) is 18.9 Å². The Morgan fingerprint density at radius 3 is 2.61 bits per heavy atom. The van der Waals surface area contributed by atoms with E-state index in [-0.39, 0.29) is 56.3 Å². The fraction of sp³-hybridized carbons (Fsp3) is 0.625. The molecule has 4 aliphatic heterocycles. The molecule has 14 heteroatoms. The van der Waals surface area contributed by atoms with E-state index in [1.165, 1.54) is 11.2 Å². The largest absolute Gasteiger partial charge is 0.367 e. The molecule has 0 aromatic carbocycles. The van der Waals surface area contributed by atoms with Gasteiger partial charge in [-0.25, -0.2) is 14.2 Å². The molecule has 0 saturated carbocycles. The van der Waals surface area contributed by atoms with Crippen LogP contribution in [0.2, 0.25) is 0 Å². The minimum atomic E-state index is -1.17. The maximum Gasteiger partial charge on any atom is 0.243 e. The van der Waals surface area contributed by atoms with Crippen LogP contribution in [0.3, 0.4) is 0 Å². The predicted octanol–water partition coefficient (Wildman–Crippen LogP) is -0.485. The third kappa shape index (κ3) is 4.77. The number of rotatable bonds is 4. The number of anilines is 2. The topological polar surface area (TPSA) is 146 Å². The molecule has 3 atom stereocenters. The van der Waals surface area contributed by atoms with Gasteiger partial charge in [0.2, 0.25) is 11.8 Å². The summed E-state index contributed by atoms with van der Waals surface area (Å²) in [7, 11) is 1.99. The summed E-state index contributed by atoms with van der Waals surface area (Å²) < 4.78 is 28.8. The summed E-state index contributed by atoms with van der Waals surface area (Å²) in [5, 5.41) is 14.2. The number of hydrogen-bond acceptors (Lipinski definition) is 10. The number of piperidine rings is 1. The van der Waals surface area contributed by atoms with Crippen LogP contribution in [0.15, 0.2) is 17.4 Å². The molecular weight excluding hydrogens is 498 g/mol. The molecule has 5 rings (SSSR count). The number of carbonyl (C=O) groups excluding carboxylic acids is 2. The molecule has 0 bridgehead atoms. The number of nitrogens with one attached hydrogen (secondary N) is 2. The number of nitriles is 1. The van der Waals surface area contributed by atoms with Crippen molar-refractivity contribution in [1.29, 1.82) is 5.26 Å². The van der Waals surface area contributed by atoms with Crippen LogP contribution in [-0.4, -0.2) is 109 Å². The van der Waals surface area contributed by atoms with Crippen LogP contribution in [0.5, 0.6) is 0 Å². The van der Waals surface area contributed by atoms with Crippen molar-refractivity contribution in [2.24, 2.45) is 22.1 Å². The zero-order valence-corrected chi connectivity index (χ0v) is 21.2. The van der Waals surface area contributed by atoms with Gasteiger partial charge in [-0.1, -0.05) is 0 Å². The minimum absolute atomic E-state index is 0.0321. The first kappa shape index (κ1) is 26.2. The Kier molecular flexibility index (Phi) is 7.17. The zero-order chi connectivity index (χ0) is 27.0. The number of hydrazine groups is 1. The van der Waals surface area contributed by atoms with Crippen LogP contribution >= 0.6 is 0 Å². The van der Waals surface area contributed by atoms with Crippen molar-refractivity contribution in [3.8, 4) is 6.07 Å². The maximum atomic E-state index is 15.1. The van der Waals surface area contributed by atoms with Crippen LogP contribution in [0, 0.1) is 28.5 Å². The molecule has 3 fully saturated rings. The van der Waals surface area contributed by atoms with Gasteiger partial charge in [0.05, 0.1) is 43.4 Å². The van der Waals surface area contributed by atoms with Gasteiger partial charge in [-0.15, -0.1) is 0 Å². The highest BCUT2D eigenvalue weighted by Gasteiger charge is 2.46. The fourth-order valence-corrected chi connectivity index (χ4v) is 5.56. The van der Waals surface area contributed by atoms with E-state index in [4.69, 9.17) is 5.73 Å². The Hall–Kier alpha value is -3.41. The molecule has 1 aromatic rings. The second-order valence-corrected chi connectivity index (χ2v) is 10.3. The molecule has 4 aliphatic rings. The molecule has 3 unspecified atom stereocenters. The van der Waals surface area contributed by atoms with Crippen LogP contribution in [0.1, 0.15) is 12.8 Å². The van der Waals surface area contributed by atoms with E-state index in [0.717, 1.165) is 19.3 Å². The van der Waals surface area contributed by atoms with Crippen molar-refractivity contribution in [2.75, 3.05) is 69.6 Å². The van der Waals surface area contributed by atoms with E-state index in [2.05, 4.69) is 31.7 Å². The van der Waals surface area contributed by atoms with E-state index < -0.39 is 35.4 Å². The summed E-state index contributed by atoms with van der Waals surface area (Å²) >= 11 is 0. The number of halogens is 2. The number of carbonyl (C=O) groups is 2. The van der Waals surface area contributed by atoms with Gasteiger partial charge in [-0.05, 0) is 19.9 Å².